The molecule has 0 saturated carbocycles. The van der Waals surface area contributed by atoms with Crippen LogP contribution in [-0.4, -0.2) is 29.7 Å². The molecule has 0 aliphatic rings. The van der Waals surface area contributed by atoms with Crippen molar-refractivity contribution >= 4 is 22.5 Å². The second-order valence-corrected chi connectivity index (χ2v) is 6.73. The molecule has 0 radical (unpaired) electrons. The van der Waals surface area contributed by atoms with Crippen molar-refractivity contribution < 1.29 is 14.3 Å². The normalized spacial score (nSPS) is 10.8. The molecule has 0 bridgehead atoms. The Labute approximate surface area is 169 Å². The highest BCUT2D eigenvalue weighted by atomic mass is 16.5. The molecule has 1 amide bonds. The van der Waals surface area contributed by atoms with Crippen LogP contribution in [0, 0.1) is 0 Å². The van der Waals surface area contributed by atoms with E-state index < -0.39 is 0 Å². The summed E-state index contributed by atoms with van der Waals surface area (Å²) in [6, 6.07) is 10.7. The molecule has 1 aromatic heterocycles. The third kappa shape index (κ3) is 4.23. The highest BCUT2D eigenvalue weighted by molar-refractivity contribution is 5.89. The molecule has 0 aliphatic heterocycles. The fraction of sp³-hybridized carbons (Fsp3) is 0.318. The average molecular weight is 395 g/mol. The zero-order valence-corrected chi connectivity index (χ0v) is 17.1. The second kappa shape index (κ2) is 8.77. The number of methoxy groups -OCH3 is 2. The number of nitrogens with zero attached hydrogens (tertiary/aromatic N) is 2. The number of anilines is 1. The molecule has 3 aromatic rings. The molecule has 7 nitrogen and oxygen atoms in total. The van der Waals surface area contributed by atoms with Gasteiger partial charge in [0, 0.05) is 30.8 Å². The van der Waals surface area contributed by atoms with E-state index in [9.17, 15) is 9.59 Å². The van der Waals surface area contributed by atoms with Crippen molar-refractivity contribution in [3.05, 3.63) is 46.8 Å². The Morgan fingerprint density at radius 1 is 1.10 bits per heavy atom. The number of nitrogens with one attached hydrogen (secondary N) is 1. The van der Waals surface area contributed by atoms with E-state index in [0.717, 1.165) is 18.4 Å². The van der Waals surface area contributed by atoms with Gasteiger partial charge in [-0.05, 0) is 36.8 Å². The molecule has 1 heterocycles. The van der Waals surface area contributed by atoms with Gasteiger partial charge in [-0.25, -0.2) is 4.98 Å². The second-order valence-electron chi connectivity index (χ2n) is 6.73. The van der Waals surface area contributed by atoms with Crippen molar-refractivity contribution in [3.8, 4) is 22.9 Å². The van der Waals surface area contributed by atoms with Crippen LogP contribution >= 0.6 is 0 Å². The maximum atomic E-state index is 13.3. The first-order valence-electron chi connectivity index (χ1n) is 9.53. The number of amides is 1. The lowest BCUT2D eigenvalue weighted by molar-refractivity contribution is -0.114. The van der Waals surface area contributed by atoms with Gasteiger partial charge in [-0.3, -0.25) is 14.2 Å². The van der Waals surface area contributed by atoms with Gasteiger partial charge in [-0.1, -0.05) is 13.3 Å². The summed E-state index contributed by atoms with van der Waals surface area (Å²) in [4.78, 5) is 29.3. The van der Waals surface area contributed by atoms with E-state index in [2.05, 4.69) is 12.2 Å². The zero-order chi connectivity index (χ0) is 21.0. The summed E-state index contributed by atoms with van der Waals surface area (Å²) in [5.41, 5.74) is 1.91. The van der Waals surface area contributed by atoms with Crippen LogP contribution in [0.3, 0.4) is 0 Å². The highest BCUT2D eigenvalue weighted by Crippen LogP contribution is 2.31. The van der Waals surface area contributed by atoms with Crippen LogP contribution in [-0.2, 0) is 11.3 Å². The number of carbonyl (C=O) groups is 1. The average Bonchev–Trinajstić information content (AvgIpc) is 2.72. The van der Waals surface area contributed by atoms with E-state index in [1.54, 1.807) is 35.9 Å². The zero-order valence-electron chi connectivity index (χ0n) is 17.1. The number of unbranched alkanes of at least 4 members (excludes halogenated alkanes) is 1. The Morgan fingerprint density at radius 2 is 1.76 bits per heavy atom. The van der Waals surface area contributed by atoms with Gasteiger partial charge >= 0.3 is 0 Å². The lowest BCUT2D eigenvalue weighted by Gasteiger charge is -2.15. The minimum absolute atomic E-state index is 0.120. The van der Waals surface area contributed by atoms with Crippen LogP contribution in [0.5, 0.6) is 11.5 Å². The highest BCUT2D eigenvalue weighted by Gasteiger charge is 2.16. The maximum absolute atomic E-state index is 13.3. The van der Waals surface area contributed by atoms with Crippen LogP contribution in [0.1, 0.15) is 26.7 Å². The molecule has 0 fully saturated rings. The first-order valence-corrected chi connectivity index (χ1v) is 9.53. The van der Waals surface area contributed by atoms with E-state index in [1.807, 2.05) is 12.1 Å². The summed E-state index contributed by atoms with van der Waals surface area (Å²) in [6.45, 7) is 4.10. The van der Waals surface area contributed by atoms with Gasteiger partial charge in [0.25, 0.3) is 5.56 Å². The Bertz CT molecular complexity index is 1090. The molecule has 29 heavy (non-hydrogen) atoms. The molecule has 0 saturated heterocycles. The van der Waals surface area contributed by atoms with Crippen molar-refractivity contribution in [2.75, 3.05) is 19.5 Å². The summed E-state index contributed by atoms with van der Waals surface area (Å²) in [5.74, 6) is 1.46. The number of ether oxygens (including phenoxy) is 2. The van der Waals surface area contributed by atoms with Crippen molar-refractivity contribution in [2.45, 2.75) is 33.2 Å². The van der Waals surface area contributed by atoms with Gasteiger partial charge < -0.3 is 14.8 Å². The van der Waals surface area contributed by atoms with Crippen molar-refractivity contribution in [2.24, 2.45) is 0 Å². The summed E-state index contributed by atoms with van der Waals surface area (Å²) in [7, 11) is 3.09. The van der Waals surface area contributed by atoms with E-state index in [1.165, 1.54) is 14.0 Å². The van der Waals surface area contributed by atoms with Crippen molar-refractivity contribution in [1.82, 2.24) is 9.55 Å². The fourth-order valence-corrected chi connectivity index (χ4v) is 3.20. The number of aromatic nitrogens is 2. The molecule has 0 spiro atoms. The van der Waals surface area contributed by atoms with Gasteiger partial charge in [0.15, 0.2) is 11.5 Å². The summed E-state index contributed by atoms with van der Waals surface area (Å²) >= 11 is 0. The Hall–Kier alpha value is -3.35. The predicted molar refractivity (Wildman–Crippen MR) is 114 cm³/mol. The Kier molecular flexibility index (Phi) is 6.16. The van der Waals surface area contributed by atoms with Crippen molar-refractivity contribution in [1.29, 1.82) is 0 Å². The molecule has 152 valence electrons. The van der Waals surface area contributed by atoms with Gasteiger partial charge in [0.05, 0.1) is 25.1 Å². The number of hydrogen-bond donors (Lipinski definition) is 1. The topological polar surface area (TPSA) is 82.5 Å². The predicted octanol–water partition coefficient (Wildman–Crippen LogP) is 3.84. The molecule has 0 aliphatic carbocycles. The first-order chi connectivity index (χ1) is 14.0. The fourth-order valence-electron chi connectivity index (χ4n) is 3.20. The van der Waals surface area contributed by atoms with Crippen LogP contribution in [0.2, 0.25) is 0 Å². The number of fused-ring (bicyclic) bond motifs is 1. The quantitative estimate of drug-likeness (QED) is 0.657. The summed E-state index contributed by atoms with van der Waals surface area (Å²) < 4.78 is 12.4. The summed E-state index contributed by atoms with van der Waals surface area (Å²) in [6.07, 6.45) is 1.81. The van der Waals surface area contributed by atoms with Crippen LogP contribution in [0.25, 0.3) is 22.3 Å². The third-order valence-electron chi connectivity index (χ3n) is 4.66. The van der Waals surface area contributed by atoms with Crippen LogP contribution in [0.4, 0.5) is 5.69 Å². The van der Waals surface area contributed by atoms with Gasteiger partial charge in [0.2, 0.25) is 5.91 Å². The lowest BCUT2D eigenvalue weighted by atomic mass is 10.1. The minimum atomic E-state index is -0.137. The maximum Gasteiger partial charge on any atom is 0.261 e. The van der Waals surface area contributed by atoms with Gasteiger partial charge in [-0.15, -0.1) is 0 Å². The van der Waals surface area contributed by atoms with E-state index in [-0.39, 0.29) is 11.5 Å². The molecule has 7 heteroatoms. The molecule has 0 atom stereocenters. The van der Waals surface area contributed by atoms with Crippen LogP contribution in [0.15, 0.2) is 41.2 Å². The third-order valence-corrected chi connectivity index (χ3v) is 4.66. The monoisotopic (exact) mass is 395 g/mol. The van der Waals surface area contributed by atoms with Crippen LogP contribution < -0.4 is 20.3 Å². The first kappa shape index (κ1) is 20.4. The molecule has 0 unspecified atom stereocenters. The number of hydrogen-bond acceptors (Lipinski definition) is 5. The SMILES string of the molecule is CCCCn1c(-c2ccc(NC(C)=O)cc2)nc2cc(OC)c(OC)cc2c1=O. The number of rotatable bonds is 7. The van der Waals surface area contributed by atoms with E-state index in [0.29, 0.717) is 40.5 Å². The smallest absolute Gasteiger partial charge is 0.261 e. The summed E-state index contributed by atoms with van der Waals surface area (Å²) in [5, 5.41) is 3.23. The standard InChI is InChI=1S/C22H25N3O4/c1-5-6-11-25-21(15-7-9-16(10-8-15)23-14(2)26)24-18-13-20(29-4)19(28-3)12-17(18)22(25)27/h7-10,12-13H,5-6,11H2,1-4H3,(H,23,26). The largest absolute Gasteiger partial charge is 0.493 e. The molecular weight excluding hydrogens is 370 g/mol. The van der Waals surface area contributed by atoms with Crippen molar-refractivity contribution in [3.63, 3.8) is 0 Å². The Balaban J connectivity index is 2.20. The lowest BCUT2D eigenvalue weighted by Crippen LogP contribution is -2.23. The van der Waals surface area contributed by atoms with Gasteiger partial charge in [-0.2, -0.15) is 0 Å². The molecule has 3 rings (SSSR count). The Morgan fingerprint density at radius 3 is 2.34 bits per heavy atom. The minimum Gasteiger partial charge on any atom is -0.493 e. The molecular formula is C22H25N3O4. The van der Waals surface area contributed by atoms with E-state index in [4.69, 9.17) is 14.5 Å². The van der Waals surface area contributed by atoms with Gasteiger partial charge in [0.1, 0.15) is 5.82 Å². The molecule has 2 aromatic carbocycles. The van der Waals surface area contributed by atoms with E-state index >= 15 is 0 Å². The molecule has 1 N–H and O–H groups in total. The number of benzene rings is 2. The number of carbonyl (C=O) groups excluding carboxylic acids is 1.